The van der Waals surface area contributed by atoms with E-state index in [0.29, 0.717) is 6.04 Å². The van der Waals surface area contributed by atoms with Crippen LogP contribution in [0.25, 0.3) is 10.9 Å². The van der Waals surface area contributed by atoms with Crippen LogP contribution in [0.15, 0.2) is 24.3 Å². The van der Waals surface area contributed by atoms with Gasteiger partial charge in [0.25, 0.3) is 0 Å². The zero-order valence-corrected chi connectivity index (χ0v) is 13.6. The fourth-order valence-electron chi connectivity index (χ4n) is 2.97. The summed E-state index contributed by atoms with van der Waals surface area (Å²) in [7, 11) is 4.02. The third-order valence-corrected chi connectivity index (χ3v) is 4.02. The van der Waals surface area contributed by atoms with Gasteiger partial charge >= 0.3 is 0 Å². The Morgan fingerprint density at radius 2 is 2.05 bits per heavy atom. The predicted molar refractivity (Wildman–Crippen MR) is 87.6 cm³/mol. The number of nitrogens with one attached hydrogen (secondary N) is 1. The SMILES string of the molecule is CCCC(OCC)C(Cc1nn(C)c2ccccc12)NC. The van der Waals surface area contributed by atoms with E-state index in [-0.39, 0.29) is 6.10 Å². The molecule has 0 spiro atoms. The highest BCUT2D eigenvalue weighted by molar-refractivity contribution is 5.81. The summed E-state index contributed by atoms with van der Waals surface area (Å²) in [6, 6.07) is 8.70. The molecule has 0 amide bonds. The second-order valence-corrected chi connectivity index (χ2v) is 5.47. The number of benzene rings is 1. The lowest BCUT2D eigenvalue weighted by atomic mass is 10.00. The summed E-state index contributed by atoms with van der Waals surface area (Å²) in [6.45, 7) is 5.02. The van der Waals surface area contributed by atoms with Gasteiger partial charge in [-0.2, -0.15) is 5.10 Å². The fourth-order valence-corrected chi connectivity index (χ4v) is 2.97. The molecule has 1 N–H and O–H groups in total. The van der Waals surface area contributed by atoms with Crippen LogP contribution < -0.4 is 5.32 Å². The molecule has 1 heterocycles. The second kappa shape index (κ2) is 7.57. The molecular weight excluding hydrogens is 262 g/mol. The van der Waals surface area contributed by atoms with E-state index in [4.69, 9.17) is 9.84 Å². The molecule has 2 atom stereocenters. The van der Waals surface area contributed by atoms with Crippen LogP contribution in [-0.4, -0.2) is 35.6 Å². The van der Waals surface area contributed by atoms with Crippen LogP contribution in [0.1, 0.15) is 32.4 Å². The van der Waals surface area contributed by atoms with E-state index in [1.807, 2.05) is 18.8 Å². The Bertz CT molecular complexity index is 558. The van der Waals surface area contributed by atoms with Gasteiger partial charge in [-0.15, -0.1) is 0 Å². The summed E-state index contributed by atoms with van der Waals surface area (Å²) < 4.78 is 7.89. The minimum atomic E-state index is 0.241. The van der Waals surface area contributed by atoms with Gasteiger partial charge in [0.2, 0.25) is 0 Å². The van der Waals surface area contributed by atoms with Gasteiger partial charge in [0, 0.05) is 31.5 Å². The van der Waals surface area contributed by atoms with Crippen molar-refractivity contribution in [2.75, 3.05) is 13.7 Å². The minimum absolute atomic E-state index is 0.241. The molecular formula is C17H27N3O. The van der Waals surface area contributed by atoms with Crippen LogP contribution >= 0.6 is 0 Å². The molecule has 0 aliphatic carbocycles. The quantitative estimate of drug-likeness (QED) is 0.812. The van der Waals surface area contributed by atoms with Crippen molar-refractivity contribution >= 4 is 10.9 Å². The first-order chi connectivity index (χ1) is 10.2. The Morgan fingerprint density at radius 3 is 2.71 bits per heavy atom. The molecule has 0 saturated carbocycles. The molecule has 0 saturated heterocycles. The molecule has 0 aliphatic heterocycles. The summed E-state index contributed by atoms with van der Waals surface area (Å²) in [5.41, 5.74) is 2.33. The first-order valence-electron chi connectivity index (χ1n) is 7.90. The van der Waals surface area contributed by atoms with Crippen molar-refractivity contribution in [1.82, 2.24) is 15.1 Å². The summed E-state index contributed by atoms with van der Waals surface area (Å²) in [5.74, 6) is 0. The summed E-state index contributed by atoms with van der Waals surface area (Å²) >= 11 is 0. The Morgan fingerprint density at radius 1 is 1.29 bits per heavy atom. The number of nitrogens with zero attached hydrogens (tertiary/aromatic N) is 2. The van der Waals surface area contributed by atoms with Gasteiger partial charge in [-0.1, -0.05) is 31.5 Å². The molecule has 1 aromatic heterocycles. The second-order valence-electron chi connectivity index (χ2n) is 5.47. The lowest BCUT2D eigenvalue weighted by molar-refractivity contribution is 0.0299. The van der Waals surface area contributed by atoms with E-state index in [9.17, 15) is 0 Å². The third kappa shape index (κ3) is 3.63. The predicted octanol–water partition coefficient (Wildman–Crippen LogP) is 2.91. The normalized spacial score (nSPS) is 14.5. The average molecular weight is 289 g/mol. The van der Waals surface area contributed by atoms with Crippen LogP contribution in [0.5, 0.6) is 0 Å². The monoisotopic (exact) mass is 289 g/mol. The number of hydrogen-bond donors (Lipinski definition) is 1. The Kier molecular flexibility index (Phi) is 5.76. The lowest BCUT2D eigenvalue weighted by Gasteiger charge is -2.26. The van der Waals surface area contributed by atoms with Crippen LogP contribution in [0.4, 0.5) is 0 Å². The molecule has 0 bridgehead atoms. The summed E-state index contributed by atoms with van der Waals surface area (Å²) in [6.07, 6.45) is 3.34. The molecule has 0 fully saturated rings. The van der Waals surface area contributed by atoms with Crippen LogP contribution in [-0.2, 0) is 18.2 Å². The molecule has 2 rings (SSSR count). The molecule has 1 aromatic carbocycles. The first kappa shape index (κ1) is 16.0. The molecule has 116 valence electrons. The Hall–Kier alpha value is -1.39. The van der Waals surface area contributed by atoms with Crippen LogP contribution in [0.3, 0.4) is 0 Å². The summed E-state index contributed by atoms with van der Waals surface area (Å²) in [5, 5.41) is 9.36. The van der Waals surface area contributed by atoms with Gasteiger partial charge in [-0.3, -0.25) is 4.68 Å². The highest BCUT2D eigenvalue weighted by Gasteiger charge is 2.22. The number of likely N-dealkylation sites (N-methyl/N-ethyl adjacent to an activating group) is 1. The molecule has 2 unspecified atom stereocenters. The van der Waals surface area contributed by atoms with E-state index in [1.54, 1.807) is 0 Å². The highest BCUT2D eigenvalue weighted by Crippen LogP contribution is 2.20. The van der Waals surface area contributed by atoms with Crippen molar-refractivity contribution in [3.63, 3.8) is 0 Å². The number of fused-ring (bicyclic) bond motifs is 1. The van der Waals surface area contributed by atoms with Gasteiger partial charge in [0.15, 0.2) is 0 Å². The minimum Gasteiger partial charge on any atom is -0.377 e. The standard InChI is InChI=1S/C17H27N3O/c1-5-9-17(21-6-2)15(18-3)12-14-13-10-7-8-11-16(13)20(4)19-14/h7-8,10-11,15,17-18H,5-6,9,12H2,1-4H3. The van der Waals surface area contributed by atoms with Crippen molar-refractivity contribution in [2.24, 2.45) is 7.05 Å². The fraction of sp³-hybridized carbons (Fsp3) is 0.588. The van der Waals surface area contributed by atoms with Crippen molar-refractivity contribution in [1.29, 1.82) is 0 Å². The Balaban J connectivity index is 2.23. The van der Waals surface area contributed by atoms with E-state index in [1.165, 1.54) is 10.9 Å². The van der Waals surface area contributed by atoms with Crippen LogP contribution in [0.2, 0.25) is 0 Å². The number of aromatic nitrogens is 2. The number of rotatable bonds is 8. The van der Waals surface area contributed by atoms with Crippen molar-refractivity contribution in [3.05, 3.63) is 30.0 Å². The highest BCUT2D eigenvalue weighted by atomic mass is 16.5. The largest absolute Gasteiger partial charge is 0.377 e. The molecule has 0 radical (unpaired) electrons. The van der Waals surface area contributed by atoms with Gasteiger partial charge < -0.3 is 10.1 Å². The average Bonchev–Trinajstić information content (AvgIpc) is 2.81. The number of para-hydroxylation sites is 1. The van der Waals surface area contributed by atoms with Gasteiger partial charge in [0.05, 0.1) is 17.3 Å². The Labute approximate surface area is 127 Å². The molecule has 4 nitrogen and oxygen atoms in total. The number of aryl methyl sites for hydroxylation is 1. The van der Waals surface area contributed by atoms with E-state index < -0.39 is 0 Å². The smallest absolute Gasteiger partial charge is 0.0731 e. The maximum absolute atomic E-state index is 5.93. The number of ether oxygens (including phenoxy) is 1. The van der Waals surface area contributed by atoms with Crippen molar-refractivity contribution in [2.45, 2.75) is 45.3 Å². The van der Waals surface area contributed by atoms with Gasteiger partial charge in [0.1, 0.15) is 0 Å². The maximum Gasteiger partial charge on any atom is 0.0731 e. The van der Waals surface area contributed by atoms with Gasteiger partial charge in [-0.25, -0.2) is 0 Å². The maximum atomic E-state index is 5.93. The summed E-state index contributed by atoms with van der Waals surface area (Å²) in [4.78, 5) is 0. The van der Waals surface area contributed by atoms with Crippen molar-refractivity contribution in [3.8, 4) is 0 Å². The van der Waals surface area contributed by atoms with Gasteiger partial charge in [-0.05, 0) is 26.5 Å². The molecule has 21 heavy (non-hydrogen) atoms. The van der Waals surface area contributed by atoms with E-state index >= 15 is 0 Å². The third-order valence-electron chi connectivity index (χ3n) is 4.02. The zero-order valence-electron chi connectivity index (χ0n) is 13.6. The molecule has 0 aliphatic rings. The molecule has 2 aromatic rings. The van der Waals surface area contributed by atoms with E-state index in [0.717, 1.165) is 31.6 Å². The molecule has 4 heteroatoms. The topological polar surface area (TPSA) is 39.1 Å². The van der Waals surface area contributed by atoms with E-state index in [2.05, 4.69) is 43.4 Å². The van der Waals surface area contributed by atoms with Crippen LogP contribution in [0, 0.1) is 0 Å². The first-order valence-corrected chi connectivity index (χ1v) is 7.90. The zero-order chi connectivity index (χ0) is 15.2. The lowest BCUT2D eigenvalue weighted by Crippen LogP contribution is -2.41. The number of hydrogen-bond acceptors (Lipinski definition) is 3. The van der Waals surface area contributed by atoms with Crippen molar-refractivity contribution < 1.29 is 4.74 Å².